The zero-order valence-electron chi connectivity index (χ0n) is 11.7. The van der Waals surface area contributed by atoms with Gasteiger partial charge in [-0.25, -0.2) is 9.59 Å². The summed E-state index contributed by atoms with van der Waals surface area (Å²) in [5.41, 5.74) is 0. The van der Waals surface area contributed by atoms with Gasteiger partial charge in [-0.05, 0) is 12.8 Å². The van der Waals surface area contributed by atoms with Crippen LogP contribution in [0, 0.1) is 5.92 Å². The third-order valence-electron chi connectivity index (χ3n) is 3.92. The largest absolute Gasteiger partial charge is 0.480 e. The number of nitrogens with zero attached hydrogens (tertiary/aromatic N) is 2. The third kappa shape index (κ3) is 3.40. The number of carbonyl (C=O) groups is 2. The van der Waals surface area contributed by atoms with E-state index < -0.39 is 18.1 Å². The Morgan fingerprint density at radius 3 is 2.80 bits per heavy atom. The Kier molecular flexibility index (Phi) is 4.82. The molecule has 2 heterocycles. The standard InChI is InChI=1S/C13H22N2O5/c1-14(6-9-3-2-4-20-8-9)13(19)15-7-10(16)5-11(15)12(17)18/h9-11,16H,2-8H2,1H3,(H,17,18)/t9?,10-,11-/m1/s1. The van der Waals surface area contributed by atoms with Crippen molar-refractivity contribution in [3.63, 3.8) is 0 Å². The first-order valence-corrected chi connectivity index (χ1v) is 6.99. The van der Waals surface area contributed by atoms with E-state index in [1.54, 1.807) is 7.05 Å². The maximum absolute atomic E-state index is 12.3. The molecule has 7 nitrogen and oxygen atoms in total. The quantitative estimate of drug-likeness (QED) is 0.761. The summed E-state index contributed by atoms with van der Waals surface area (Å²) in [4.78, 5) is 26.2. The summed E-state index contributed by atoms with van der Waals surface area (Å²) in [6, 6.07) is -1.26. The maximum atomic E-state index is 12.3. The summed E-state index contributed by atoms with van der Waals surface area (Å²) in [5, 5.41) is 18.7. The minimum atomic E-state index is -1.07. The summed E-state index contributed by atoms with van der Waals surface area (Å²) in [5.74, 6) is -0.766. The van der Waals surface area contributed by atoms with Gasteiger partial charge in [-0.2, -0.15) is 0 Å². The first-order valence-electron chi connectivity index (χ1n) is 6.99. The number of carboxylic acids is 1. The van der Waals surface area contributed by atoms with Gasteiger partial charge in [-0.1, -0.05) is 0 Å². The first kappa shape index (κ1) is 15.1. The summed E-state index contributed by atoms with van der Waals surface area (Å²) < 4.78 is 5.38. The van der Waals surface area contributed by atoms with E-state index in [0.717, 1.165) is 19.4 Å². The van der Waals surface area contributed by atoms with E-state index in [2.05, 4.69) is 0 Å². The number of hydrogen-bond acceptors (Lipinski definition) is 4. The predicted molar refractivity (Wildman–Crippen MR) is 70.3 cm³/mol. The molecule has 7 heteroatoms. The van der Waals surface area contributed by atoms with Crippen LogP contribution in [0.3, 0.4) is 0 Å². The fraction of sp³-hybridized carbons (Fsp3) is 0.846. The van der Waals surface area contributed by atoms with Gasteiger partial charge in [0.1, 0.15) is 6.04 Å². The van der Waals surface area contributed by atoms with Crippen molar-refractivity contribution in [3.8, 4) is 0 Å². The van der Waals surface area contributed by atoms with Crippen LogP contribution >= 0.6 is 0 Å². The number of hydrogen-bond donors (Lipinski definition) is 2. The van der Waals surface area contributed by atoms with Crippen molar-refractivity contribution in [2.45, 2.75) is 31.4 Å². The number of likely N-dealkylation sites (tertiary alicyclic amines) is 1. The van der Waals surface area contributed by atoms with Crippen LogP contribution in [0.4, 0.5) is 4.79 Å². The molecular formula is C13H22N2O5. The highest BCUT2D eigenvalue weighted by Gasteiger charge is 2.40. The van der Waals surface area contributed by atoms with Crippen LogP contribution in [-0.4, -0.2) is 77.5 Å². The van der Waals surface area contributed by atoms with Gasteiger partial charge in [-0.15, -0.1) is 0 Å². The van der Waals surface area contributed by atoms with E-state index in [9.17, 15) is 14.7 Å². The normalized spacial score (nSPS) is 30.3. The average Bonchev–Trinajstić information content (AvgIpc) is 2.81. The maximum Gasteiger partial charge on any atom is 0.326 e. The molecule has 20 heavy (non-hydrogen) atoms. The van der Waals surface area contributed by atoms with Crippen LogP contribution in [0.2, 0.25) is 0 Å². The van der Waals surface area contributed by atoms with Gasteiger partial charge in [0.25, 0.3) is 0 Å². The lowest BCUT2D eigenvalue weighted by Crippen LogP contribution is -2.48. The molecule has 2 saturated heterocycles. The van der Waals surface area contributed by atoms with E-state index >= 15 is 0 Å². The van der Waals surface area contributed by atoms with Crippen molar-refractivity contribution < 1.29 is 24.5 Å². The Morgan fingerprint density at radius 1 is 1.45 bits per heavy atom. The number of ether oxygens (including phenoxy) is 1. The lowest BCUT2D eigenvalue weighted by Gasteiger charge is -2.31. The fourth-order valence-electron chi connectivity index (χ4n) is 2.90. The molecule has 3 atom stereocenters. The molecule has 0 radical (unpaired) electrons. The van der Waals surface area contributed by atoms with Crippen LogP contribution in [0.1, 0.15) is 19.3 Å². The number of rotatable bonds is 3. The molecule has 0 saturated carbocycles. The fourth-order valence-corrected chi connectivity index (χ4v) is 2.90. The van der Waals surface area contributed by atoms with Crippen molar-refractivity contribution in [2.75, 3.05) is 33.4 Å². The van der Waals surface area contributed by atoms with Gasteiger partial charge in [0, 0.05) is 39.1 Å². The molecule has 2 aliphatic rings. The Balaban J connectivity index is 1.93. The van der Waals surface area contributed by atoms with E-state index in [4.69, 9.17) is 9.84 Å². The smallest absolute Gasteiger partial charge is 0.326 e. The Bertz CT molecular complexity index is 370. The number of carbonyl (C=O) groups excluding carboxylic acids is 1. The highest BCUT2D eigenvalue weighted by Crippen LogP contribution is 2.21. The monoisotopic (exact) mass is 286 g/mol. The molecule has 2 fully saturated rings. The van der Waals surface area contributed by atoms with Crippen molar-refractivity contribution in [2.24, 2.45) is 5.92 Å². The topological polar surface area (TPSA) is 90.3 Å². The summed E-state index contributed by atoms with van der Waals surface area (Å²) in [6.45, 7) is 2.05. The molecule has 1 unspecified atom stereocenters. The predicted octanol–water partition coefficient (Wildman–Crippen LogP) is -0.0154. The van der Waals surface area contributed by atoms with Gasteiger partial charge >= 0.3 is 12.0 Å². The number of β-amino-alcohol motifs (C(OH)–C–C–N with tert-alkyl or cyclic N) is 1. The molecule has 0 bridgehead atoms. The van der Waals surface area contributed by atoms with Gasteiger partial charge in [0.2, 0.25) is 0 Å². The summed E-state index contributed by atoms with van der Waals surface area (Å²) in [7, 11) is 1.67. The van der Waals surface area contributed by atoms with Crippen molar-refractivity contribution >= 4 is 12.0 Å². The summed E-state index contributed by atoms with van der Waals surface area (Å²) in [6.07, 6.45) is 1.35. The molecule has 0 aromatic heterocycles. The van der Waals surface area contributed by atoms with Crippen LogP contribution in [-0.2, 0) is 9.53 Å². The van der Waals surface area contributed by atoms with Crippen molar-refractivity contribution in [1.82, 2.24) is 9.80 Å². The van der Waals surface area contributed by atoms with E-state index in [1.165, 1.54) is 9.80 Å². The zero-order valence-corrected chi connectivity index (χ0v) is 11.7. The van der Waals surface area contributed by atoms with Gasteiger partial charge in [-0.3, -0.25) is 0 Å². The molecular weight excluding hydrogens is 264 g/mol. The highest BCUT2D eigenvalue weighted by atomic mass is 16.5. The molecule has 2 rings (SSSR count). The van der Waals surface area contributed by atoms with Crippen molar-refractivity contribution in [1.29, 1.82) is 0 Å². The summed E-state index contributed by atoms with van der Waals surface area (Å²) >= 11 is 0. The third-order valence-corrected chi connectivity index (χ3v) is 3.92. The van der Waals surface area contributed by atoms with E-state index in [0.29, 0.717) is 19.1 Å². The minimum absolute atomic E-state index is 0.0846. The number of aliphatic carboxylic acids is 1. The van der Waals surface area contributed by atoms with Gasteiger partial charge < -0.3 is 24.7 Å². The average molecular weight is 286 g/mol. The Hall–Kier alpha value is -1.34. The molecule has 0 aromatic carbocycles. The number of amides is 2. The lowest BCUT2D eigenvalue weighted by atomic mass is 10.0. The number of urea groups is 1. The minimum Gasteiger partial charge on any atom is -0.480 e. The Morgan fingerprint density at radius 2 is 2.20 bits per heavy atom. The van der Waals surface area contributed by atoms with Crippen LogP contribution in [0.25, 0.3) is 0 Å². The molecule has 2 N–H and O–H groups in total. The Labute approximate surface area is 118 Å². The lowest BCUT2D eigenvalue weighted by molar-refractivity contribution is -0.141. The van der Waals surface area contributed by atoms with Gasteiger partial charge in [0.05, 0.1) is 12.7 Å². The molecule has 2 aliphatic heterocycles. The molecule has 0 aromatic rings. The molecule has 114 valence electrons. The zero-order chi connectivity index (χ0) is 14.7. The number of carboxylic acid groups (broad SMARTS) is 1. The highest BCUT2D eigenvalue weighted by molar-refractivity contribution is 5.83. The van der Waals surface area contributed by atoms with Crippen LogP contribution < -0.4 is 0 Å². The SMILES string of the molecule is CN(CC1CCCOC1)C(=O)N1C[C@H](O)C[C@@H]1C(=O)O. The van der Waals surface area contributed by atoms with Crippen molar-refractivity contribution in [3.05, 3.63) is 0 Å². The second kappa shape index (κ2) is 6.41. The van der Waals surface area contributed by atoms with Crippen LogP contribution in [0.5, 0.6) is 0 Å². The number of aliphatic hydroxyl groups excluding tert-OH is 1. The molecule has 0 spiro atoms. The van der Waals surface area contributed by atoms with Gasteiger partial charge in [0.15, 0.2) is 0 Å². The van der Waals surface area contributed by atoms with E-state index in [-0.39, 0.29) is 19.0 Å². The molecule has 0 aliphatic carbocycles. The number of aliphatic hydroxyl groups is 1. The molecule has 2 amide bonds. The van der Waals surface area contributed by atoms with E-state index in [1.807, 2.05) is 0 Å². The van der Waals surface area contributed by atoms with Crippen LogP contribution in [0.15, 0.2) is 0 Å². The first-order chi connectivity index (χ1) is 9.49. The second-order valence-electron chi connectivity index (χ2n) is 5.64. The second-order valence-corrected chi connectivity index (χ2v) is 5.64.